The summed E-state index contributed by atoms with van der Waals surface area (Å²) in [6.07, 6.45) is 1.11. The van der Waals surface area contributed by atoms with E-state index in [0.29, 0.717) is 6.04 Å². The number of hydrogen-bond donors (Lipinski definition) is 2. The number of nitrogens with one attached hydrogen (secondary N) is 2. The zero-order valence-electron chi connectivity index (χ0n) is 10.3. The van der Waals surface area contributed by atoms with Gasteiger partial charge in [-0.1, -0.05) is 0 Å². The maximum absolute atomic E-state index is 13.3. The Morgan fingerprint density at radius 1 is 1.53 bits per heavy atom. The molecule has 2 atom stereocenters. The van der Waals surface area contributed by atoms with Crippen LogP contribution >= 0.6 is 0 Å². The molecule has 1 aliphatic rings. The van der Waals surface area contributed by atoms with Gasteiger partial charge in [0, 0.05) is 24.2 Å². The van der Waals surface area contributed by atoms with Crippen molar-refractivity contribution in [3.63, 3.8) is 0 Å². The third-order valence-electron chi connectivity index (χ3n) is 3.20. The molecule has 1 aromatic carbocycles. The van der Waals surface area contributed by atoms with Crippen molar-refractivity contribution in [2.75, 3.05) is 20.2 Å². The maximum atomic E-state index is 13.3. The summed E-state index contributed by atoms with van der Waals surface area (Å²) in [7, 11) is 1.61. The zero-order valence-corrected chi connectivity index (χ0v) is 10.3. The number of ether oxygens (including phenoxy) is 1. The van der Waals surface area contributed by atoms with Crippen molar-refractivity contribution < 1.29 is 9.13 Å². The molecule has 2 N–H and O–H groups in total. The van der Waals surface area contributed by atoms with E-state index in [9.17, 15) is 4.39 Å². The van der Waals surface area contributed by atoms with E-state index in [4.69, 9.17) is 4.74 Å². The summed E-state index contributed by atoms with van der Waals surface area (Å²) in [6, 6.07) is 5.18. The molecule has 0 saturated carbocycles. The average Bonchev–Trinajstić information content (AvgIpc) is 2.81. The zero-order chi connectivity index (χ0) is 12.3. The molecule has 0 aliphatic carbocycles. The molecule has 17 heavy (non-hydrogen) atoms. The Kier molecular flexibility index (Phi) is 3.97. The van der Waals surface area contributed by atoms with Crippen LogP contribution < -0.4 is 15.4 Å². The highest BCUT2D eigenvalue weighted by atomic mass is 19.1. The molecular formula is C13H19FN2O. The smallest absolute Gasteiger partial charge is 0.123 e. The van der Waals surface area contributed by atoms with Crippen molar-refractivity contribution in [3.05, 3.63) is 29.6 Å². The Bertz CT molecular complexity index is 378. The molecule has 1 heterocycles. The van der Waals surface area contributed by atoms with Gasteiger partial charge in [0.15, 0.2) is 0 Å². The molecule has 2 unspecified atom stereocenters. The summed E-state index contributed by atoms with van der Waals surface area (Å²) in [5.74, 6) is 0.511. The maximum Gasteiger partial charge on any atom is 0.123 e. The molecule has 0 bridgehead atoms. The molecular weight excluding hydrogens is 219 g/mol. The third-order valence-corrected chi connectivity index (χ3v) is 3.20. The van der Waals surface area contributed by atoms with Gasteiger partial charge in [0.25, 0.3) is 0 Å². The highest BCUT2D eigenvalue weighted by Gasteiger charge is 2.19. The van der Waals surface area contributed by atoms with E-state index in [1.807, 2.05) is 6.92 Å². The number of hydrogen-bond acceptors (Lipinski definition) is 3. The molecule has 94 valence electrons. The van der Waals surface area contributed by atoms with Gasteiger partial charge < -0.3 is 15.4 Å². The predicted molar refractivity (Wildman–Crippen MR) is 65.8 cm³/mol. The van der Waals surface area contributed by atoms with Crippen molar-refractivity contribution in [3.8, 4) is 5.75 Å². The Morgan fingerprint density at radius 3 is 3.00 bits per heavy atom. The van der Waals surface area contributed by atoms with Crippen LogP contribution in [0.15, 0.2) is 18.2 Å². The van der Waals surface area contributed by atoms with E-state index in [0.717, 1.165) is 30.8 Å². The van der Waals surface area contributed by atoms with Crippen LogP contribution in [0.5, 0.6) is 5.75 Å². The summed E-state index contributed by atoms with van der Waals surface area (Å²) >= 11 is 0. The number of benzene rings is 1. The topological polar surface area (TPSA) is 33.3 Å². The highest BCUT2D eigenvalue weighted by Crippen LogP contribution is 2.26. The molecule has 0 spiro atoms. The second-order valence-electron chi connectivity index (χ2n) is 4.46. The van der Waals surface area contributed by atoms with E-state index in [-0.39, 0.29) is 11.9 Å². The summed E-state index contributed by atoms with van der Waals surface area (Å²) in [4.78, 5) is 0. The SMILES string of the molecule is COc1ccc(F)cc1C(C)NC1CCNC1. The second-order valence-corrected chi connectivity index (χ2v) is 4.46. The first-order chi connectivity index (χ1) is 8.20. The minimum atomic E-state index is -0.223. The molecule has 2 rings (SSSR count). The lowest BCUT2D eigenvalue weighted by Crippen LogP contribution is -2.33. The van der Waals surface area contributed by atoms with E-state index in [1.54, 1.807) is 19.2 Å². The van der Waals surface area contributed by atoms with Crippen molar-refractivity contribution in [2.24, 2.45) is 0 Å². The minimum absolute atomic E-state index is 0.0885. The van der Waals surface area contributed by atoms with E-state index in [2.05, 4.69) is 10.6 Å². The van der Waals surface area contributed by atoms with Crippen LogP contribution in [0.25, 0.3) is 0 Å². The molecule has 3 nitrogen and oxygen atoms in total. The Labute approximate surface area is 101 Å². The third kappa shape index (κ3) is 2.96. The van der Waals surface area contributed by atoms with Crippen LogP contribution in [0, 0.1) is 5.82 Å². The standard InChI is InChI=1S/C13H19FN2O/c1-9(16-11-5-6-15-8-11)12-7-10(14)3-4-13(12)17-2/h3-4,7,9,11,15-16H,5-6,8H2,1-2H3. The van der Waals surface area contributed by atoms with Gasteiger partial charge in [0.2, 0.25) is 0 Å². The predicted octanol–water partition coefficient (Wildman–Crippen LogP) is 1.85. The number of methoxy groups -OCH3 is 1. The Hall–Kier alpha value is -1.13. The summed E-state index contributed by atoms with van der Waals surface area (Å²) in [5, 5.41) is 6.79. The van der Waals surface area contributed by atoms with Gasteiger partial charge in [0.1, 0.15) is 11.6 Å². The first-order valence-corrected chi connectivity index (χ1v) is 6.01. The first kappa shape index (κ1) is 12.3. The molecule has 1 aromatic rings. The number of halogens is 1. The van der Waals surface area contributed by atoms with Crippen molar-refractivity contribution in [1.82, 2.24) is 10.6 Å². The Morgan fingerprint density at radius 2 is 2.35 bits per heavy atom. The molecule has 0 aromatic heterocycles. The van der Waals surface area contributed by atoms with Gasteiger partial charge in [-0.2, -0.15) is 0 Å². The molecule has 1 aliphatic heterocycles. The van der Waals surface area contributed by atoms with Gasteiger partial charge in [-0.25, -0.2) is 4.39 Å². The van der Waals surface area contributed by atoms with Gasteiger partial charge in [0.05, 0.1) is 7.11 Å². The van der Waals surface area contributed by atoms with Gasteiger partial charge >= 0.3 is 0 Å². The summed E-state index contributed by atoms with van der Waals surface area (Å²) in [6.45, 7) is 4.06. The lowest BCUT2D eigenvalue weighted by atomic mass is 10.1. The van der Waals surface area contributed by atoms with Crippen LogP contribution in [0.2, 0.25) is 0 Å². The molecule has 4 heteroatoms. The van der Waals surface area contributed by atoms with Crippen LogP contribution in [0.3, 0.4) is 0 Å². The van der Waals surface area contributed by atoms with E-state index < -0.39 is 0 Å². The van der Waals surface area contributed by atoms with E-state index in [1.165, 1.54) is 6.07 Å². The van der Waals surface area contributed by atoms with Crippen LogP contribution in [0.1, 0.15) is 24.9 Å². The Balaban J connectivity index is 2.11. The highest BCUT2D eigenvalue weighted by molar-refractivity contribution is 5.36. The molecule has 0 radical (unpaired) electrons. The van der Waals surface area contributed by atoms with Crippen LogP contribution in [0.4, 0.5) is 4.39 Å². The van der Waals surface area contributed by atoms with Crippen LogP contribution in [-0.2, 0) is 0 Å². The molecule has 1 fully saturated rings. The minimum Gasteiger partial charge on any atom is -0.496 e. The fourth-order valence-electron chi connectivity index (χ4n) is 2.28. The fourth-order valence-corrected chi connectivity index (χ4v) is 2.28. The van der Waals surface area contributed by atoms with Crippen molar-refractivity contribution in [1.29, 1.82) is 0 Å². The lowest BCUT2D eigenvalue weighted by molar-refractivity contribution is 0.393. The normalized spacial score (nSPS) is 21.5. The summed E-state index contributed by atoms with van der Waals surface area (Å²) < 4.78 is 18.5. The quantitative estimate of drug-likeness (QED) is 0.840. The monoisotopic (exact) mass is 238 g/mol. The largest absolute Gasteiger partial charge is 0.496 e. The summed E-state index contributed by atoms with van der Waals surface area (Å²) in [5.41, 5.74) is 0.874. The number of rotatable bonds is 4. The van der Waals surface area contributed by atoms with Gasteiger partial charge in [-0.15, -0.1) is 0 Å². The lowest BCUT2D eigenvalue weighted by Gasteiger charge is -2.21. The molecule has 1 saturated heterocycles. The first-order valence-electron chi connectivity index (χ1n) is 6.01. The van der Waals surface area contributed by atoms with E-state index >= 15 is 0 Å². The average molecular weight is 238 g/mol. The second kappa shape index (κ2) is 5.47. The van der Waals surface area contributed by atoms with Gasteiger partial charge in [-0.05, 0) is 38.1 Å². The van der Waals surface area contributed by atoms with Crippen molar-refractivity contribution >= 4 is 0 Å². The fraction of sp³-hybridized carbons (Fsp3) is 0.538. The van der Waals surface area contributed by atoms with Crippen molar-refractivity contribution in [2.45, 2.75) is 25.4 Å². The van der Waals surface area contributed by atoms with Gasteiger partial charge in [-0.3, -0.25) is 0 Å². The molecule has 0 amide bonds. The van der Waals surface area contributed by atoms with Crippen LogP contribution in [-0.4, -0.2) is 26.2 Å².